The van der Waals surface area contributed by atoms with Gasteiger partial charge in [-0.15, -0.1) is 0 Å². The Balaban J connectivity index is 1.53. The van der Waals surface area contributed by atoms with Gasteiger partial charge in [0.2, 0.25) is 0 Å². The standard InChI is InChI=1S/C22H17F4N3O3/c1-32-21(31)14-4-2-13(3-5-14)11-28-9-8-19-16(12-28)20(30)29(27-19)15-6-7-18(23)17(10-15)22(24,25)26/h2-7,10,12H,8-9,11H2,1H3. The van der Waals surface area contributed by atoms with E-state index in [0.29, 0.717) is 42.9 Å². The van der Waals surface area contributed by atoms with Crippen molar-refractivity contribution in [2.24, 2.45) is 5.10 Å². The summed E-state index contributed by atoms with van der Waals surface area (Å²) >= 11 is 0. The summed E-state index contributed by atoms with van der Waals surface area (Å²) in [5.41, 5.74) is 0.443. The van der Waals surface area contributed by atoms with Crippen LogP contribution in [0.5, 0.6) is 0 Å². The number of amides is 1. The number of anilines is 1. The molecule has 2 aromatic carbocycles. The number of nitrogens with zero attached hydrogens (tertiary/aromatic N) is 3. The zero-order chi connectivity index (χ0) is 23.0. The van der Waals surface area contributed by atoms with Crippen LogP contribution in [-0.4, -0.2) is 36.1 Å². The van der Waals surface area contributed by atoms with Crippen LogP contribution in [0.3, 0.4) is 0 Å². The highest BCUT2D eigenvalue weighted by Crippen LogP contribution is 2.35. The Kier molecular flexibility index (Phi) is 5.45. The molecule has 0 N–H and O–H groups in total. The molecule has 2 heterocycles. The van der Waals surface area contributed by atoms with Gasteiger partial charge in [0.05, 0.1) is 35.2 Å². The van der Waals surface area contributed by atoms with Crippen molar-refractivity contribution in [1.29, 1.82) is 0 Å². The zero-order valence-corrected chi connectivity index (χ0v) is 16.8. The number of ether oxygens (including phenoxy) is 1. The molecule has 6 nitrogen and oxygen atoms in total. The lowest BCUT2D eigenvalue weighted by atomic mass is 10.0. The number of benzene rings is 2. The maximum absolute atomic E-state index is 13.6. The quantitative estimate of drug-likeness (QED) is 0.523. The third-order valence-corrected chi connectivity index (χ3v) is 5.16. The molecule has 0 spiro atoms. The highest BCUT2D eigenvalue weighted by molar-refractivity contribution is 6.30. The minimum absolute atomic E-state index is 0.156. The Morgan fingerprint density at radius 3 is 2.53 bits per heavy atom. The Labute approximate surface area is 180 Å². The van der Waals surface area contributed by atoms with Crippen molar-refractivity contribution in [2.75, 3.05) is 18.7 Å². The third kappa shape index (κ3) is 4.08. The van der Waals surface area contributed by atoms with E-state index in [2.05, 4.69) is 9.84 Å². The number of hydrazone groups is 1. The summed E-state index contributed by atoms with van der Waals surface area (Å²) in [5, 5.41) is 5.03. The van der Waals surface area contributed by atoms with Crippen molar-refractivity contribution in [3.63, 3.8) is 0 Å². The van der Waals surface area contributed by atoms with Gasteiger partial charge in [0.25, 0.3) is 5.91 Å². The molecule has 1 amide bonds. The fraction of sp³-hybridized carbons (Fsp3) is 0.227. The van der Waals surface area contributed by atoms with Crippen LogP contribution >= 0.6 is 0 Å². The van der Waals surface area contributed by atoms with Gasteiger partial charge in [0.15, 0.2) is 0 Å². The van der Waals surface area contributed by atoms with E-state index in [1.807, 2.05) is 4.90 Å². The highest BCUT2D eigenvalue weighted by Gasteiger charge is 2.38. The second-order valence-electron chi connectivity index (χ2n) is 7.28. The number of rotatable bonds is 4. The topological polar surface area (TPSA) is 62.2 Å². The molecule has 10 heteroatoms. The molecule has 2 aliphatic rings. The Hall–Kier alpha value is -3.69. The number of methoxy groups -OCH3 is 1. The maximum atomic E-state index is 13.6. The normalized spacial score (nSPS) is 16.0. The van der Waals surface area contributed by atoms with Crippen LogP contribution < -0.4 is 5.01 Å². The Bertz CT molecular complexity index is 1140. The lowest BCUT2D eigenvalue weighted by molar-refractivity contribution is -0.140. The number of carbonyl (C=O) groups is 2. The molecule has 0 radical (unpaired) electrons. The first-order valence-electron chi connectivity index (χ1n) is 9.59. The molecular formula is C22H17F4N3O3. The number of alkyl halides is 3. The summed E-state index contributed by atoms with van der Waals surface area (Å²) in [5.74, 6) is -2.43. The van der Waals surface area contributed by atoms with Gasteiger partial charge >= 0.3 is 12.1 Å². The molecule has 0 aromatic heterocycles. The summed E-state index contributed by atoms with van der Waals surface area (Å²) in [4.78, 5) is 26.2. The van der Waals surface area contributed by atoms with Gasteiger partial charge in [-0.1, -0.05) is 12.1 Å². The fourth-order valence-electron chi connectivity index (χ4n) is 3.53. The molecular weight excluding hydrogens is 430 g/mol. The minimum Gasteiger partial charge on any atom is -0.465 e. The van der Waals surface area contributed by atoms with Crippen molar-refractivity contribution < 1.29 is 31.9 Å². The van der Waals surface area contributed by atoms with Gasteiger partial charge in [-0.3, -0.25) is 4.79 Å². The van der Waals surface area contributed by atoms with Gasteiger partial charge in [-0.05, 0) is 35.9 Å². The van der Waals surface area contributed by atoms with E-state index in [4.69, 9.17) is 0 Å². The first-order chi connectivity index (χ1) is 15.2. The van der Waals surface area contributed by atoms with Crippen molar-refractivity contribution >= 4 is 23.3 Å². The number of fused-ring (bicyclic) bond motifs is 1. The zero-order valence-electron chi connectivity index (χ0n) is 16.8. The SMILES string of the molecule is COC(=O)c1ccc(CN2C=C3C(=O)N(c4ccc(F)c(C(F)(F)F)c4)N=C3CC2)cc1. The van der Waals surface area contributed by atoms with Crippen LogP contribution in [0, 0.1) is 5.82 Å². The van der Waals surface area contributed by atoms with Gasteiger partial charge in [-0.25, -0.2) is 9.18 Å². The first kappa shape index (κ1) is 21.5. The van der Waals surface area contributed by atoms with E-state index in [-0.39, 0.29) is 11.3 Å². The summed E-state index contributed by atoms with van der Waals surface area (Å²) in [6, 6.07) is 9.16. The third-order valence-electron chi connectivity index (χ3n) is 5.16. The van der Waals surface area contributed by atoms with Crippen LogP contribution in [0.25, 0.3) is 0 Å². The summed E-state index contributed by atoms with van der Waals surface area (Å²) in [6.07, 6.45) is -2.85. The van der Waals surface area contributed by atoms with Gasteiger partial charge < -0.3 is 9.64 Å². The molecule has 0 bridgehead atoms. The molecule has 0 aliphatic carbocycles. The van der Waals surface area contributed by atoms with E-state index < -0.39 is 29.4 Å². The lowest BCUT2D eigenvalue weighted by Gasteiger charge is -2.25. The monoisotopic (exact) mass is 447 g/mol. The van der Waals surface area contributed by atoms with Crippen LogP contribution in [-0.2, 0) is 22.3 Å². The molecule has 0 saturated heterocycles. The molecule has 2 aromatic rings. The van der Waals surface area contributed by atoms with E-state index >= 15 is 0 Å². The van der Waals surface area contributed by atoms with Gasteiger partial charge in [0.1, 0.15) is 5.82 Å². The maximum Gasteiger partial charge on any atom is 0.419 e. The fourth-order valence-corrected chi connectivity index (χ4v) is 3.53. The number of carbonyl (C=O) groups excluding carboxylic acids is 2. The highest BCUT2D eigenvalue weighted by atomic mass is 19.4. The number of hydrogen-bond acceptors (Lipinski definition) is 5. The second kappa shape index (κ2) is 8.10. The van der Waals surface area contributed by atoms with E-state index in [0.717, 1.165) is 16.6 Å². The summed E-state index contributed by atoms with van der Waals surface area (Å²) in [7, 11) is 1.30. The molecule has 2 aliphatic heterocycles. The van der Waals surface area contributed by atoms with Crippen LogP contribution in [0.15, 0.2) is 59.3 Å². The smallest absolute Gasteiger partial charge is 0.419 e. The summed E-state index contributed by atoms with van der Waals surface area (Å²) in [6.45, 7) is 1.000. The van der Waals surface area contributed by atoms with Crippen molar-refractivity contribution in [1.82, 2.24) is 4.90 Å². The molecule has 4 rings (SSSR count). The van der Waals surface area contributed by atoms with Crippen molar-refractivity contribution in [3.8, 4) is 0 Å². The predicted molar refractivity (Wildman–Crippen MR) is 107 cm³/mol. The molecule has 0 fully saturated rings. The lowest BCUT2D eigenvalue weighted by Crippen LogP contribution is -2.29. The molecule has 166 valence electrons. The van der Waals surface area contributed by atoms with Crippen molar-refractivity contribution in [3.05, 3.63) is 76.7 Å². The number of esters is 1. The van der Waals surface area contributed by atoms with Crippen LogP contribution in [0.4, 0.5) is 23.2 Å². The second-order valence-corrected chi connectivity index (χ2v) is 7.28. The van der Waals surface area contributed by atoms with Gasteiger partial charge in [-0.2, -0.15) is 23.3 Å². The number of halogens is 4. The van der Waals surface area contributed by atoms with Crippen molar-refractivity contribution in [2.45, 2.75) is 19.1 Å². The Morgan fingerprint density at radius 2 is 1.88 bits per heavy atom. The Morgan fingerprint density at radius 1 is 1.16 bits per heavy atom. The summed E-state index contributed by atoms with van der Waals surface area (Å²) < 4.78 is 57.4. The van der Waals surface area contributed by atoms with E-state index in [1.165, 1.54) is 7.11 Å². The minimum atomic E-state index is -4.89. The predicted octanol–water partition coefficient (Wildman–Crippen LogP) is 4.12. The molecule has 0 unspecified atom stereocenters. The van der Waals surface area contributed by atoms with Crippen LogP contribution in [0.2, 0.25) is 0 Å². The molecule has 0 atom stereocenters. The largest absolute Gasteiger partial charge is 0.465 e. The van der Waals surface area contributed by atoms with E-state index in [9.17, 15) is 27.2 Å². The van der Waals surface area contributed by atoms with E-state index in [1.54, 1.807) is 30.5 Å². The average molecular weight is 447 g/mol. The van der Waals surface area contributed by atoms with Crippen LogP contribution in [0.1, 0.15) is 27.9 Å². The molecule has 0 saturated carbocycles. The first-order valence-corrected chi connectivity index (χ1v) is 9.59. The average Bonchev–Trinajstić information content (AvgIpc) is 3.09. The number of hydrogen-bond donors (Lipinski definition) is 0. The van der Waals surface area contributed by atoms with Gasteiger partial charge in [0, 0.05) is 25.7 Å². The molecule has 32 heavy (non-hydrogen) atoms.